The summed E-state index contributed by atoms with van der Waals surface area (Å²) in [6.07, 6.45) is 0.0833. The van der Waals surface area contributed by atoms with Crippen LogP contribution in [0.4, 0.5) is 0 Å². The summed E-state index contributed by atoms with van der Waals surface area (Å²) in [7, 11) is 0. The first kappa shape index (κ1) is 11.1. The second-order valence-electron chi connectivity index (χ2n) is 1.58. The predicted octanol–water partition coefficient (Wildman–Crippen LogP) is 0.552. The molecule has 40 valence electrons. The maximum atomic E-state index is 10.0. The Bertz CT molecular complexity index is 86.6. The fourth-order valence-corrected chi connectivity index (χ4v) is 0.351. The Kier molecular flexibility index (Phi) is 7.42. The van der Waals surface area contributed by atoms with Crippen LogP contribution >= 0.6 is 0 Å². The van der Waals surface area contributed by atoms with Crippen LogP contribution in [0.15, 0.2) is 0 Å². The summed E-state index contributed by atoms with van der Waals surface area (Å²) in [5, 5.41) is 0. The van der Waals surface area contributed by atoms with E-state index in [1.807, 2.05) is 0 Å². The number of carbonyl (C=O) groups excluding carboxylic acids is 2. The van der Waals surface area contributed by atoms with Gasteiger partial charge in [0.25, 0.3) is 0 Å². The third kappa shape index (κ3) is 9.52. The maximum absolute atomic E-state index is 10.0. The van der Waals surface area contributed by atoms with Crippen molar-refractivity contribution in [2.24, 2.45) is 0 Å². The maximum Gasteiger partial charge on any atom is 4.00 e. The Hall–Kier alpha value is 0.223. The Balaban J connectivity index is 0. The van der Waals surface area contributed by atoms with Gasteiger partial charge in [-0.05, 0) is 13.8 Å². The fourth-order valence-electron chi connectivity index (χ4n) is 0.351. The third-order valence-electron chi connectivity index (χ3n) is 0.498. The van der Waals surface area contributed by atoms with E-state index in [0.29, 0.717) is 0 Å². The molecule has 0 aliphatic heterocycles. The van der Waals surface area contributed by atoms with Gasteiger partial charge in [-0.2, -0.15) is 0 Å². The first-order valence-electron chi connectivity index (χ1n) is 2.12. The number of rotatable bonds is 2. The SMILES string of the molecule is CC(=O)CC(C)=O.[Zr+4]. The summed E-state index contributed by atoms with van der Waals surface area (Å²) >= 11 is 0. The van der Waals surface area contributed by atoms with Gasteiger partial charge in [-0.3, -0.25) is 9.59 Å². The topological polar surface area (TPSA) is 34.1 Å². The van der Waals surface area contributed by atoms with Crippen molar-refractivity contribution in [2.75, 3.05) is 0 Å². The normalized spacial score (nSPS) is 7.25. The van der Waals surface area contributed by atoms with Gasteiger partial charge in [-0.25, -0.2) is 0 Å². The van der Waals surface area contributed by atoms with E-state index in [9.17, 15) is 9.59 Å². The minimum Gasteiger partial charge on any atom is -0.300 e. The van der Waals surface area contributed by atoms with Gasteiger partial charge in [-0.15, -0.1) is 0 Å². The number of ketones is 2. The first-order chi connectivity index (χ1) is 3.13. The molecule has 0 unspecified atom stereocenters. The van der Waals surface area contributed by atoms with Crippen LogP contribution in [0.25, 0.3) is 0 Å². The minimum absolute atomic E-state index is 0. The van der Waals surface area contributed by atoms with Crippen molar-refractivity contribution in [3.8, 4) is 0 Å². The molecule has 0 aromatic heterocycles. The van der Waals surface area contributed by atoms with E-state index in [1.54, 1.807) is 0 Å². The predicted molar refractivity (Wildman–Crippen MR) is 26.0 cm³/mol. The monoisotopic (exact) mass is 190 g/mol. The van der Waals surface area contributed by atoms with Crippen molar-refractivity contribution in [2.45, 2.75) is 20.3 Å². The van der Waals surface area contributed by atoms with Gasteiger partial charge in [0.05, 0.1) is 6.42 Å². The molecule has 0 atom stereocenters. The van der Waals surface area contributed by atoms with Crippen LogP contribution in [0.1, 0.15) is 20.3 Å². The summed E-state index contributed by atoms with van der Waals surface area (Å²) in [5.41, 5.74) is 0. The minimum atomic E-state index is -0.0625. The molecule has 0 aliphatic carbocycles. The molecular formula is C5H8O2Zr+4. The second-order valence-corrected chi connectivity index (χ2v) is 1.58. The van der Waals surface area contributed by atoms with E-state index in [2.05, 4.69) is 0 Å². The van der Waals surface area contributed by atoms with Crippen LogP contribution in [0.3, 0.4) is 0 Å². The molecular weight excluding hydrogens is 183 g/mol. The van der Waals surface area contributed by atoms with Gasteiger partial charge in [0.2, 0.25) is 0 Å². The second kappa shape index (κ2) is 5.36. The molecule has 0 saturated heterocycles. The molecule has 0 amide bonds. The summed E-state index contributed by atoms with van der Waals surface area (Å²) in [6, 6.07) is 0. The zero-order valence-corrected chi connectivity index (χ0v) is 7.48. The number of carbonyl (C=O) groups is 2. The molecule has 0 bridgehead atoms. The third-order valence-corrected chi connectivity index (χ3v) is 0.498. The van der Waals surface area contributed by atoms with Crippen LogP contribution in [0.2, 0.25) is 0 Å². The molecule has 0 spiro atoms. The van der Waals surface area contributed by atoms with Gasteiger partial charge < -0.3 is 0 Å². The number of Topliss-reactive ketones (excluding diaryl/α,β-unsaturated/α-hetero) is 2. The van der Waals surface area contributed by atoms with Crippen molar-refractivity contribution in [1.82, 2.24) is 0 Å². The van der Waals surface area contributed by atoms with E-state index < -0.39 is 0 Å². The molecule has 0 radical (unpaired) electrons. The summed E-state index contributed by atoms with van der Waals surface area (Å²) in [4.78, 5) is 20.1. The van der Waals surface area contributed by atoms with Crippen LogP contribution in [-0.4, -0.2) is 11.6 Å². The zero-order chi connectivity index (χ0) is 5.86. The van der Waals surface area contributed by atoms with Gasteiger partial charge >= 0.3 is 26.2 Å². The van der Waals surface area contributed by atoms with Crippen molar-refractivity contribution in [1.29, 1.82) is 0 Å². The first-order valence-corrected chi connectivity index (χ1v) is 2.12. The molecule has 8 heavy (non-hydrogen) atoms. The Morgan fingerprint density at radius 3 is 1.38 bits per heavy atom. The van der Waals surface area contributed by atoms with E-state index in [1.165, 1.54) is 13.8 Å². The summed E-state index contributed by atoms with van der Waals surface area (Å²) in [6.45, 7) is 2.81. The average Bonchev–Trinajstić information content (AvgIpc) is 1.27. The molecule has 2 nitrogen and oxygen atoms in total. The molecule has 3 heteroatoms. The van der Waals surface area contributed by atoms with E-state index in [4.69, 9.17) is 0 Å². The smallest absolute Gasteiger partial charge is 0.300 e. The van der Waals surface area contributed by atoms with Gasteiger partial charge in [0.1, 0.15) is 11.6 Å². The largest absolute Gasteiger partial charge is 4.00 e. The van der Waals surface area contributed by atoms with Crippen LogP contribution in [0.5, 0.6) is 0 Å². The van der Waals surface area contributed by atoms with Crippen molar-refractivity contribution in [3.63, 3.8) is 0 Å². The van der Waals surface area contributed by atoms with Crippen molar-refractivity contribution in [3.05, 3.63) is 0 Å². The Labute approximate surface area is 67.8 Å². The summed E-state index contributed by atoms with van der Waals surface area (Å²) < 4.78 is 0. The average molecular weight is 191 g/mol. The van der Waals surface area contributed by atoms with Crippen LogP contribution in [0, 0.1) is 0 Å². The van der Waals surface area contributed by atoms with Crippen molar-refractivity contribution < 1.29 is 35.8 Å². The zero-order valence-electron chi connectivity index (χ0n) is 5.02. The molecule has 0 aromatic carbocycles. The molecule has 0 fully saturated rings. The summed E-state index contributed by atoms with van der Waals surface area (Å²) in [5.74, 6) is -0.125. The van der Waals surface area contributed by atoms with Crippen LogP contribution in [-0.2, 0) is 35.8 Å². The van der Waals surface area contributed by atoms with E-state index in [-0.39, 0.29) is 44.2 Å². The quantitative estimate of drug-likeness (QED) is 0.597. The molecule has 0 saturated carbocycles. The standard InChI is InChI=1S/C5H8O2.Zr/c1-4(6)3-5(2)7;/h3H2,1-2H3;/q;+4. The molecule has 0 N–H and O–H groups in total. The molecule has 0 aromatic rings. The molecule has 0 heterocycles. The van der Waals surface area contributed by atoms with Gasteiger partial charge in [0.15, 0.2) is 0 Å². The van der Waals surface area contributed by atoms with Crippen LogP contribution < -0.4 is 0 Å². The molecule has 0 rings (SSSR count). The van der Waals surface area contributed by atoms with E-state index >= 15 is 0 Å². The van der Waals surface area contributed by atoms with E-state index in [0.717, 1.165) is 0 Å². The Morgan fingerprint density at radius 1 is 1.12 bits per heavy atom. The Morgan fingerprint density at radius 2 is 1.38 bits per heavy atom. The number of hydrogen-bond donors (Lipinski definition) is 0. The molecule has 0 aliphatic rings. The van der Waals surface area contributed by atoms with Gasteiger partial charge in [-0.1, -0.05) is 0 Å². The number of hydrogen-bond acceptors (Lipinski definition) is 2. The van der Waals surface area contributed by atoms with Crippen molar-refractivity contribution >= 4 is 11.6 Å². The van der Waals surface area contributed by atoms with Gasteiger partial charge in [0, 0.05) is 0 Å². The fraction of sp³-hybridized carbons (Fsp3) is 0.600.